The molecule has 0 saturated carbocycles. The summed E-state index contributed by atoms with van der Waals surface area (Å²) < 4.78 is 9.64. The summed E-state index contributed by atoms with van der Waals surface area (Å²) in [6.07, 6.45) is -4.44. The molecule has 0 amide bonds. The molecule has 1 unspecified atom stereocenters. The van der Waals surface area contributed by atoms with E-state index in [1.165, 1.54) is 35.0 Å². The van der Waals surface area contributed by atoms with Crippen molar-refractivity contribution in [2.75, 3.05) is 19.6 Å². The van der Waals surface area contributed by atoms with E-state index in [1.54, 1.807) is 38.1 Å². The minimum Gasteiger partial charge on any atom is -0.478 e. The lowest BCUT2D eigenvalue weighted by Crippen LogP contribution is -2.45. The number of hydrogen-bond acceptors (Lipinski definition) is 9. The van der Waals surface area contributed by atoms with Crippen molar-refractivity contribution in [2.24, 2.45) is 4.99 Å². The van der Waals surface area contributed by atoms with Gasteiger partial charge in [-0.15, -0.1) is 0 Å². The van der Waals surface area contributed by atoms with E-state index in [9.17, 15) is 29.4 Å². The van der Waals surface area contributed by atoms with Gasteiger partial charge in [0.15, 0.2) is 5.17 Å². The SMILES string of the molecule is Cc1ccc(C(=O)O[C@H](C(=O)O)[C@H](OC(=O)c2ccc(C)cc2)C(=O)O)cc1.c1ccc(C2CN3CCN=C3S2)cc1. The van der Waals surface area contributed by atoms with Gasteiger partial charge in [0.2, 0.25) is 12.2 Å². The number of esters is 2. The molecule has 0 aliphatic carbocycles. The zero-order chi connectivity index (χ0) is 30.2. The molecule has 42 heavy (non-hydrogen) atoms. The quantitative estimate of drug-likeness (QED) is 0.363. The highest BCUT2D eigenvalue weighted by atomic mass is 32.2. The molecule has 2 N–H and O–H groups in total. The average Bonchev–Trinajstić information content (AvgIpc) is 3.59. The first kappa shape index (κ1) is 30.3. The van der Waals surface area contributed by atoms with Gasteiger partial charge in [-0.05, 0) is 43.7 Å². The van der Waals surface area contributed by atoms with Gasteiger partial charge in [-0.25, -0.2) is 19.2 Å². The van der Waals surface area contributed by atoms with Gasteiger partial charge in [0.05, 0.1) is 22.9 Å². The fourth-order valence-electron chi connectivity index (χ4n) is 4.18. The number of rotatable bonds is 8. The van der Waals surface area contributed by atoms with Gasteiger partial charge in [-0.3, -0.25) is 4.99 Å². The highest BCUT2D eigenvalue weighted by Gasteiger charge is 2.41. The molecule has 1 fully saturated rings. The number of carboxylic acids is 2. The lowest BCUT2D eigenvalue weighted by atomic mass is 10.1. The molecule has 3 aromatic carbocycles. The van der Waals surface area contributed by atoms with Crippen molar-refractivity contribution in [3.05, 3.63) is 107 Å². The molecule has 2 heterocycles. The highest BCUT2D eigenvalue weighted by molar-refractivity contribution is 8.14. The van der Waals surface area contributed by atoms with Crippen LogP contribution >= 0.6 is 11.8 Å². The van der Waals surface area contributed by atoms with Crippen LogP contribution in [0, 0.1) is 13.8 Å². The maximum Gasteiger partial charge on any atom is 0.349 e. The van der Waals surface area contributed by atoms with E-state index in [2.05, 4.69) is 40.2 Å². The highest BCUT2D eigenvalue weighted by Crippen LogP contribution is 2.39. The van der Waals surface area contributed by atoms with Crippen LogP contribution in [0.25, 0.3) is 0 Å². The number of hydrogen-bond donors (Lipinski definition) is 2. The molecule has 2 aliphatic heterocycles. The predicted molar refractivity (Wildman–Crippen MR) is 157 cm³/mol. The molecule has 2 aliphatic rings. The molecule has 0 radical (unpaired) electrons. The summed E-state index contributed by atoms with van der Waals surface area (Å²) in [5.74, 6) is -5.62. The molecule has 1 saturated heterocycles. The Kier molecular flexibility index (Phi) is 9.98. The Morgan fingerprint density at radius 2 is 1.26 bits per heavy atom. The van der Waals surface area contributed by atoms with Gasteiger partial charge in [-0.2, -0.15) is 0 Å². The minimum absolute atomic E-state index is 0.0332. The Morgan fingerprint density at radius 3 is 1.69 bits per heavy atom. The summed E-state index contributed by atoms with van der Waals surface area (Å²) in [6.45, 7) is 6.82. The van der Waals surface area contributed by atoms with Crippen LogP contribution < -0.4 is 0 Å². The Balaban J connectivity index is 0.000000238. The lowest BCUT2D eigenvalue weighted by molar-refractivity contribution is -0.166. The number of carboxylic acid groups (broad SMARTS) is 2. The number of fused-ring (bicyclic) bond motifs is 1. The van der Waals surface area contributed by atoms with Crippen LogP contribution in [0.5, 0.6) is 0 Å². The molecule has 11 heteroatoms. The van der Waals surface area contributed by atoms with Gasteiger partial charge in [0.25, 0.3) is 0 Å². The number of carbonyl (C=O) groups excluding carboxylic acids is 2. The van der Waals surface area contributed by atoms with Crippen LogP contribution in [0.1, 0.15) is 42.7 Å². The second-order valence-electron chi connectivity index (χ2n) is 9.69. The second-order valence-corrected chi connectivity index (χ2v) is 10.9. The van der Waals surface area contributed by atoms with E-state index in [-0.39, 0.29) is 11.1 Å². The first-order valence-corrected chi connectivity index (χ1v) is 14.0. The van der Waals surface area contributed by atoms with Crippen LogP contribution in [0.4, 0.5) is 0 Å². The number of thioether (sulfide) groups is 1. The van der Waals surface area contributed by atoms with E-state index < -0.39 is 36.1 Å². The number of aryl methyl sites for hydroxylation is 2. The van der Waals surface area contributed by atoms with Crippen LogP contribution in [0.15, 0.2) is 83.9 Å². The number of nitrogens with zero attached hydrogens (tertiary/aromatic N) is 2. The van der Waals surface area contributed by atoms with Crippen molar-refractivity contribution in [3.8, 4) is 0 Å². The monoisotopic (exact) mass is 590 g/mol. The summed E-state index contributed by atoms with van der Waals surface area (Å²) in [5, 5.41) is 20.5. The first-order chi connectivity index (χ1) is 20.1. The molecular formula is C31H30N2O8S. The molecule has 3 aromatic rings. The number of ether oxygens (including phenoxy) is 2. The van der Waals surface area contributed by atoms with Crippen LogP contribution in [0.3, 0.4) is 0 Å². The van der Waals surface area contributed by atoms with E-state index in [0.717, 1.165) is 30.8 Å². The maximum absolute atomic E-state index is 12.2. The Labute approximate surface area is 247 Å². The fourth-order valence-corrected chi connectivity index (χ4v) is 5.46. The molecule has 0 spiro atoms. The summed E-state index contributed by atoms with van der Waals surface area (Å²) >= 11 is 1.91. The third-order valence-corrected chi connectivity index (χ3v) is 7.80. The Hall–Kier alpha value is -4.64. The average molecular weight is 591 g/mol. The predicted octanol–water partition coefficient (Wildman–Crippen LogP) is 4.37. The van der Waals surface area contributed by atoms with Crippen molar-refractivity contribution >= 4 is 40.8 Å². The van der Waals surface area contributed by atoms with E-state index in [4.69, 9.17) is 9.47 Å². The normalized spacial score (nSPS) is 16.7. The Bertz CT molecular complexity index is 1380. The molecule has 5 rings (SSSR count). The van der Waals surface area contributed by atoms with Gasteiger partial charge in [-0.1, -0.05) is 77.5 Å². The molecule has 0 aromatic heterocycles. The summed E-state index contributed by atoms with van der Waals surface area (Å²) in [4.78, 5) is 54.2. The lowest BCUT2D eigenvalue weighted by Gasteiger charge is -2.21. The molecule has 0 bridgehead atoms. The van der Waals surface area contributed by atoms with Crippen LogP contribution in [-0.2, 0) is 19.1 Å². The third kappa shape index (κ3) is 7.76. The van der Waals surface area contributed by atoms with E-state index in [1.807, 2.05) is 11.8 Å². The van der Waals surface area contributed by atoms with Gasteiger partial charge < -0.3 is 24.6 Å². The second kappa shape index (κ2) is 13.8. The number of amidine groups is 1. The van der Waals surface area contributed by atoms with E-state index >= 15 is 0 Å². The fraction of sp³-hybridized carbons (Fsp3) is 0.258. The summed E-state index contributed by atoms with van der Waals surface area (Å²) in [7, 11) is 0. The number of benzene rings is 3. The van der Waals surface area contributed by atoms with Crippen molar-refractivity contribution in [2.45, 2.75) is 31.3 Å². The summed E-state index contributed by atoms with van der Waals surface area (Å²) in [6, 6.07) is 22.8. The molecular weight excluding hydrogens is 560 g/mol. The van der Waals surface area contributed by atoms with Crippen molar-refractivity contribution in [1.29, 1.82) is 0 Å². The number of carbonyl (C=O) groups is 4. The zero-order valence-electron chi connectivity index (χ0n) is 23.0. The van der Waals surface area contributed by atoms with Crippen LogP contribution in [0.2, 0.25) is 0 Å². The Morgan fingerprint density at radius 1 is 0.786 bits per heavy atom. The molecule has 10 nitrogen and oxygen atoms in total. The largest absolute Gasteiger partial charge is 0.478 e. The van der Waals surface area contributed by atoms with Crippen molar-refractivity contribution in [3.63, 3.8) is 0 Å². The van der Waals surface area contributed by atoms with Gasteiger partial charge in [0.1, 0.15) is 0 Å². The van der Waals surface area contributed by atoms with Crippen molar-refractivity contribution < 1.29 is 38.9 Å². The standard InChI is InChI=1S/C20H18O8.C11H12N2S/c1-11-3-7-13(8-4-11)19(25)27-15(17(21)22)16(18(23)24)28-20(26)14-9-5-12(2)6-10-14;1-2-4-9(5-3-1)10-8-13-7-6-12-11(13)14-10/h3-10,15-16H,1-2H3,(H,21,22)(H,23,24);1-5,10H,6-8H2/t15-,16-;/m0./s1. The van der Waals surface area contributed by atoms with Gasteiger partial charge in [0, 0.05) is 13.1 Å². The molecule has 218 valence electrons. The number of aliphatic carboxylic acids is 2. The first-order valence-electron chi connectivity index (χ1n) is 13.1. The van der Waals surface area contributed by atoms with Gasteiger partial charge >= 0.3 is 23.9 Å². The topological polar surface area (TPSA) is 143 Å². The zero-order valence-corrected chi connectivity index (χ0v) is 23.8. The van der Waals surface area contributed by atoms with Crippen LogP contribution in [-0.4, -0.2) is 76.0 Å². The van der Waals surface area contributed by atoms with Crippen molar-refractivity contribution in [1.82, 2.24) is 4.90 Å². The minimum atomic E-state index is -2.22. The maximum atomic E-state index is 12.2. The molecule has 3 atom stereocenters. The van der Waals surface area contributed by atoms with E-state index in [0.29, 0.717) is 5.25 Å². The summed E-state index contributed by atoms with van der Waals surface area (Å²) in [5.41, 5.74) is 3.22. The third-order valence-electron chi connectivity index (χ3n) is 6.50. The smallest absolute Gasteiger partial charge is 0.349 e. The number of aliphatic imine (C=N–C) groups is 1.